The van der Waals surface area contributed by atoms with Gasteiger partial charge in [0.1, 0.15) is 17.5 Å². The molecule has 2 aromatic carbocycles. The number of aryl methyl sites for hydroxylation is 2. The monoisotopic (exact) mass is 608 g/mol. The minimum atomic E-state index is -0.601. The van der Waals surface area contributed by atoms with Crippen LogP contribution in [-0.2, 0) is 0 Å². The van der Waals surface area contributed by atoms with Crippen molar-refractivity contribution in [1.82, 2.24) is 15.0 Å². The zero-order chi connectivity index (χ0) is 31.5. The van der Waals surface area contributed by atoms with E-state index in [1.807, 2.05) is 6.92 Å². The van der Waals surface area contributed by atoms with E-state index in [2.05, 4.69) is 21.1 Å². The van der Waals surface area contributed by atoms with Crippen LogP contribution in [0.4, 0.5) is 26.7 Å². The Labute approximate surface area is 254 Å². The van der Waals surface area contributed by atoms with Crippen LogP contribution in [0.3, 0.4) is 0 Å². The number of para-hydroxylation sites is 1. The Kier molecular flexibility index (Phi) is 8.81. The highest BCUT2D eigenvalue weighted by molar-refractivity contribution is 6.04. The maximum atomic E-state index is 13.7. The van der Waals surface area contributed by atoms with Crippen LogP contribution in [0.15, 0.2) is 40.9 Å². The molecule has 0 saturated heterocycles. The van der Waals surface area contributed by atoms with E-state index in [1.165, 1.54) is 4.90 Å². The van der Waals surface area contributed by atoms with Crippen molar-refractivity contribution in [3.8, 4) is 17.2 Å². The first-order valence-electron chi connectivity index (χ1n) is 14.2. The number of aliphatic hydroxyl groups is 1. The Morgan fingerprint density at radius 1 is 1.14 bits per heavy atom. The van der Waals surface area contributed by atoms with Crippen LogP contribution in [0.2, 0.25) is 0 Å². The molecule has 2 aliphatic heterocycles. The Bertz CT molecular complexity index is 1540. The quantitative estimate of drug-likeness (QED) is 0.309. The highest BCUT2D eigenvalue weighted by Gasteiger charge is 2.35. The van der Waals surface area contributed by atoms with Gasteiger partial charge in [0.05, 0.1) is 30.4 Å². The third kappa shape index (κ3) is 6.34. The van der Waals surface area contributed by atoms with Gasteiger partial charge in [0, 0.05) is 31.3 Å². The largest absolute Gasteiger partial charge is 0.485 e. The second-order valence-electron chi connectivity index (χ2n) is 11.0. The molecule has 3 heterocycles. The normalized spacial score (nSPS) is 18.0. The Balaban J connectivity index is 1.40. The molecule has 0 saturated carbocycles. The van der Waals surface area contributed by atoms with Crippen LogP contribution in [0.1, 0.15) is 35.7 Å². The number of benzene rings is 2. The fourth-order valence-corrected chi connectivity index (χ4v) is 5.03. The lowest BCUT2D eigenvalue weighted by Crippen LogP contribution is -2.50. The number of likely N-dealkylation sites (N-methyl/N-ethyl adjacent to an activating group) is 1. The minimum Gasteiger partial charge on any atom is -0.485 e. The third-order valence-electron chi connectivity index (χ3n) is 7.64. The van der Waals surface area contributed by atoms with E-state index in [-0.39, 0.29) is 61.3 Å². The lowest BCUT2D eigenvalue weighted by atomic mass is 9.99. The van der Waals surface area contributed by atoms with E-state index in [0.29, 0.717) is 34.3 Å². The molecular formula is C30H36N6O8. The predicted molar refractivity (Wildman–Crippen MR) is 160 cm³/mol. The second kappa shape index (κ2) is 12.7. The number of hydrogen-bond acceptors (Lipinski definition) is 9. The molecule has 0 aliphatic carbocycles. The molecule has 0 radical (unpaired) electrons. The lowest BCUT2D eigenvalue weighted by molar-refractivity contribution is 0.0373. The van der Waals surface area contributed by atoms with Crippen LogP contribution in [-0.4, -0.2) is 83.7 Å². The van der Waals surface area contributed by atoms with Gasteiger partial charge in [0.2, 0.25) is 6.79 Å². The molecule has 0 fully saturated rings. The zero-order valence-corrected chi connectivity index (χ0v) is 25.2. The first-order valence-corrected chi connectivity index (χ1v) is 14.2. The van der Waals surface area contributed by atoms with E-state index >= 15 is 0 Å². The van der Waals surface area contributed by atoms with Gasteiger partial charge in [-0.3, -0.25) is 4.79 Å². The zero-order valence-electron chi connectivity index (χ0n) is 25.2. The van der Waals surface area contributed by atoms with Gasteiger partial charge in [0.15, 0.2) is 23.0 Å². The molecule has 3 aromatic rings. The molecule has 5 amide bonds. The average molecular weight is 609 g/mol. The number of hydrogen-bond donors (Lipinski definition) is 4. The summed E-state index contributed by atoms with van der Waals surface area (Å²) < 4.78 is 22.4. The van der Waals surface area contributed by atoms with Crippen molar-refractivity contribution in [1.29, 1.82) is 0 Å². The smallest absolute Gasteiger partial charge is 0.323 e. The van der Waals surface area contributed by atoms with Gasteiger partial charge < -0.3 is 49.6 Å². The molecule has 0 spiro atoms. The van der Waals surface area contributed by atoms with Gasteiger partial charge in [-0.15, -0.1) is 0 Å². The summed E-state index contributed by atoms with van der Waals surface area (Å²) in [5, 5.41) is 22.2. The molecule has 44 heavy (non-hydrogen) atoms. The van der Waals surface area contributed by atoms with Gasteiger partial charge in [0.25, 0.3) is 5.91 Å². The maximum Gasteiger partial charge on any atom is 0.323 e. The van der Waals surface area contributed by atoms with Crippen molar-refractivity contribution in [2.24, 2.45) is 5.92 Å². The summed E-state index contributed by atoms with van der Waals surface area (Å²) in [5.41, 5.74) is 1.94. The number of rotatable bonds is 7. The Morgan fingerprint density at radius 2 is 1.91 bits per heavy atom. The summed E-state index contributed by atoms with van der Waals surface area (Å²) in [5.74, 6) is 1.12. The standard InChI is InChI=1S/C30H36N6O8/c1-16-12-36(17(2)14-37)28(38)21-7-6-8-22(32-29(39)33-26-18(3)34-44-19(26)4)27(21)43-25(16)13-35(5)30(40)31-20-9-10-23-24(11-20)42-15-41-23/h6-11,16-17,25,37H,12-15H2,1-5H3,(H,31,40)(H2,32,33,39)/t16-,17-,25+/m1/s1. The third-order valence-corrected chi connectivity index (χ3v) is 7.64. The van der Waals surface area contributed by atoms with Gasteiger partial charge in [-0.1, -0.05) is 18.1 Å². The van der Waals surface area contributed by atoms with E-state index in [1.54, 1.807) is 69.1 Å². The highest BCUT2D eigenvalue weighted by atomic mass is 16.7. The minimum absolute atomic E-state index is 0.123. The van der Waals surface area contributed by atoms with Crippen molar-refractivity contribution in [2.75, 3.05) is 49.5 Å². The maximum absolute atomic E-state index is 13.7. The number of amides is 5. The van der Waals surface area contributed by atoms with Crippen molar-refractivity contribution >= 4 is 35.0 Å². The summed E-state index contributed by atoms with van der Waals surface area (Å²) in [6, 6.07) is 8.54. The number of nitrogens with zero attached hydrogens (tertiary/aromatic N) is 3. The van der Waals surface area contributed by atoms with Crippen molar-refractivity contribution < 1.29 is 38.2 Å². The van der Waals surface area contributed by atoms with E-state index < -0.39 is 18.2 Å². The molecule has 0 bridgehead atoms. The molecular weight excluding hydrogens is 572 g/mol. The predicted octanol–water partition coefficient (Wildman–Crippen LogP) is 4.05. The van der Waals surface area contributed by atoms with Gasteiger partial charge in [-0.25, -0.2) is 9.59 Å². The fourth-order valence-electron chi connectivity index (χ4n) is 5.03. The molecule has 5 rings (SSSR count). The van der Waals surface area contributed by atoms with E-state index in [0.717, 1.165) is 0 Å². The van der Waals surface area contributed by atoms with Crippen LogP contribution in [0.25, 0.3) is 0 Å². The number of aliphatic hydroxyl groups excluding tert-OH is 1. The summed E-state index contributed by atoms with van der Waals surface area (Å²) in [4.78, 5) is 43.0. The average Bonchev–Trinajstić information content (AvgIpc) is 3.60. The SMILES string of the molecule is Cc1noc(C)c1NC(=O)Nc1cccc2c1O[C@@H](CN(C)C(=O)Nc1ccc3c(c1)OCO3)[C@H](C)CN([C@H](C)CO)C2=O. The topological polar surface area (TPSA) is 168 Å². The summed E-state index contributed by atoms with van der Waals surface area (Å²) in [6.07, 6.45) is -0.601. The second-order valence-corrected chi connectivity index (χ2v) is 11.0. The molecule has 4 N–H and O–H groups in total. The molecule has 234 valence electrons. The molecule has 14 heteroatoms. The molecule has 14 nitrogen and oxygen atoms in total. The van der Waals surface area contributed by atoms with E-state index in [9.17, 15) is 19.5 Å². The van der Waals surface area contributed by atoms with Gasteiger partial charge in [-0.2, -0.15) is 0 Å². The van der Waals surface area contributed by atoms with Crippen LogP contribution >= 0.6 is 0 Å². The number of nitrogens with one attached hydrogen (secondary N) is 3. The van der Waals surface area contributed by atoms with Crippen molar-refractivity contribution in [3.05, 3.63) is 53.4 Å². The van der Waals surface area contributed by atoms with Crippen molar-refractivity contribution in [3.63, 3.8) is 0 Å². The first kappa shape index (κ1) is 30.5. The number of anilines is 3. The summed E-state index contributed by atoms with van der Waals surface area (Å²) in [6.45, 7) is 7.34. The number of aromatic nitrogens is 1. The number of carbonyl (C=O) groups excluding carboxylic acids is 3. The van der Waals surface area contributed by atoms with E-state index in [4.69, 9.17) is 18.7 Å². The Hall–Kier alpha value is -4.98. The fraction of sp³-hybridized carbons (Fsp3) is 0.400. The van der Waals surface area contributed by atoms with Crippen LogP contribution in [0, 0.1) is 19.8 Å². The lowest BCUT2D eigenvalue weighted by Gasteiger charge is -2.38. The van der Waals surface area contributed by atoms with Gasteiger partial charge in [-0.05, 0) is 45.0 Å². The molecule has 2 aliphatic rings. The Morgan fingerprint density at radius 3 is 2.64 bits per heavy atom. The number of carbonyl (C=O) groups is 3. The molecule has 1 aromatic heterocycles. The van der Waals surface area contributed by atoms with Gasteiger partial charge >= 0.3 is 12.1 Å². The molecule has 3 atom stereocenters. The van der Waals surface area contributed by atoms with Crippen molar-refractivity contribution in [2.45, 2.75) is 39.8 Å². The summed E-state index contributed by atoms with van der Waals surface area (Å²) >= 11 is 0. The highest BCUT2D eigenvalue weighted by Crippen LogP contribution is 2.36. The summed E-state index contributed by atoms with van der Waals surface area (Å²) in [7, 11) is 1.64. The van der Waals surface area contributed by atoms with Crippen LogP contribution in [0.5, 0.6) is 17.2 Å². The number of urea groups is 2. The first-order chi connectivity index (χ1) is 21.0. The van der Waals surface area contributed by atoms with Crippen LogP contribution < -0.4 is 30.2 Å². The number of fused-ring (bicyclic) bond motifs is 2. The molecule has 0 unspecified atom stereocenters. The number of ether oxygens (including phenoxy) is 3.